The molecule has 0 saturated heterocycles. The van der Waals surface area contributed by atoms with E-state index in [4.69, 9.17) is 0 Å². The van der Waals surface area contributed by atoms with E-state index in [-0.39, 0.29) is 5.41 Å². The van der Waals surface area contributed by atoms with Crippen molar-refractivity contribution in [2.75, 3.05) is 0 Å². The number of nitrogens with one attached hydrogen (secondary N) is 1. The quantitative estimate of drug-likeness (QED) is 0.728. The first-order valence-corrected chi connectivity index (χ1v) is 6.48. The molecule has 0 aromatic carbocycles. The summed E-state index contributed by atoms with van der Waals surface area (Å²) in [6, 6.07) is 6.23. The molecule has 0 bridgehead atoms. The van der Waals surface area contributed by atoms with Crippen molar-refractivity contribution in [2.45, 2.75) is 40.0 Å². The summed E-state index contributed by atoms with van der Waals surface area (Å²) in [5.41, 5.74) is 4.38. The highest BCUT2D eigenvalue weighted by Crippen LogP contribution is 2.23. The molecule has 5 heteroatoms. The highest BCUT2D eigenvalue weighted by molar-refractivity contribution is 5.44. The number of aromatic amines is 1. The van der Waals surface area contributed by atoms with Gasteiger partial charge in [-0.15, -0.1) is 10.2 Å². The van der Waals surface area contributed by atoms with Gasteiger partial charge in [-0.25, -0.2) is 4.52 Å². The molecule has 0 aliphatic rings. The molecule has 0 atom stereocenters. The third-order valence-electron chi connectivity index (χ3n) is 3.46. The third-order valence-corrected chi connectivity index (χ3v) is 3.46. The Labute approximate surface area is 112 Å². The molecule has 3 aromatic rings. The fourth-order valence-corrected chi connectivity index (χ4v) is 2.28. The summed E-state index contributed by atoms with van der Waals surface area (Å²) in [4.78, 5) is 0. The average Bonchev–Trinajstić information content (AvgIpc) is 2.93. The summed E-state index contributed by atoms with van der Waals surface area (Å²) in [7, 11) is 0. The van der Waals surface area contributed by atoms with Crippen molar-refractivity contribution in [3.8, 4) is 5.95 Å². The molecule has 0 saturated carbocycles. The lowest BCUT2D eigenvalue weighted by Crippen LogP contribution is -2.13. The Morgan fingerprint density at radius 1 is 1.05 bits per heavy atom. The second-order valence-electron chi connectivity index (χ2n) is 6.06. The predicted molar refractivity (Wildman–Crippen MR) is 74.8 cm³/mol. The van der Waals surface area contributed by atoms with Crippen molar-refractivity contribution in [3.05, 3.63) is 35.3 Å². The third kappa shape index (κ3) is 1.77. The van der Waals surface area contributed by atoms with Gasteiger partial charge in [0.05, 0.1) is 0 Å². The number of H-pyrrole nitrogens is 1. The van der Waals surface area contributed by atoms with Gasteiger partial charge in [0.25, 0.3) is 5.95 Å². The first-order chi connectivity index (χ1) is 8.88. The number of hydrogen-bond donors (Lipinski definition) is 1. The van der Waals surface area contributed by atoms with Crippen LogP contribution in [0.2, 0.25) is 0 Å². The number of aryl methyl sites for hydroxylation is 2. The lowest BCUT2D eigenvalue weighted by atomic mass is 9.93. The second-order valence-corrected chi connectivity index (χ2v) is 6.06. The van der Waals surface area contributed by atoms with Crippen LogP contribution in [0.5, 0.6) is 0 Å². The van der Waals surface area contributed by atoms with Crippen molar-refractivity contribution < 1.29 is 0 Å². The van der Waals surface area contributed by atoms with Crippen LogP contribution in [0.3, 0.4) is 0 Å². The summed E-state index contributed by atoms with van der Waals surface area (Å²) in [5, 5.41) is 11.9. The Kier molecular flexibility index (Phi) is 2.36. The first kappa shape index (κ1) is 12.0. The highest BCUT2D eigenvalue weighted by Gasteiger charge is 2.20. The summed E-state index contributed by atoms with van der Waals surface area (Å²) in [6.45, 7) is 10.7. The van der Waals surface area contributed by atoms with Gasteiger partial charge in [0.15, 0.2) is 5.65 Å². The zero-order chi connectivity index (χ0) is 13.8. The Balaban J connectivity index is 2.23. The van der Waals surface area contributed by atoms with E-state index in [1.54, 1.807) is 0 Å². The minimum Gasteiger partial charge on any atom is -0.293 e. The Bertz CT molecular complexity index is 716. The van der Waals surface area contributed by atoms with Gasteiger partial charge in [-0.2, -0.15) is 0 Å². The average molecular weight is 257 g/mol. The lowest BCUT2D eigenvalue weighted by Gasteiger charge is -2.15. The molecule has 0 unspecified atom stereocenters. The van der Waals surface area contributed by atoms with Gasteiger partial charge < -0.3 is 0 Å². The summed E-state index contributed by atoms with van der Waals surface area (Å²) < 4.78 is 4.05. The number of hydrogen-bond acceptors (Lipinski definition) is 2. The van der Waals surface area contributed by atoms with Crippen molar-refractivity contribution in [1.82, 2.24) is 24.4 Å². The second kappa shape index (κ2) is 3.73. The first-order valence-electron chi connectivity index (χ1n) is 6.48. The molecule has 3 heterocycles. The van der Waals surface area contributed by atoms with Crippen molar-refractivity contribution in [1.29, 1.82) is 0 Å². The van der Waals surface area contributed by atoms with E-state index in [1.807, 2.05) is 4.52 Å². The molecule has 100 valence electrons. The Morgan fingerprint density at radius 2 is 1.68 bits per heavy atom. The van der Waals surface area contributed by atoms with E-state index in [2.05, 4.69) is 72.7 Å². The van der Waals surface area contributed by atoms with Crippen LogP contribution >= 0.6 is 0 Å². The molecule has 19 heavy (non-hydrogen) atoms. The maximum absolute atomic E-state index is 4.29. The minimum atomic E-state index is 0.0682. The largest absolute Gasteiger partial charge is 0.293 e. The van der Waals surface area contributed by atoms with Crippen LogP contribution in [0.4, 0.5) is 0 Å². The van der Waals surface area contributed by atoms with Gasteiger partial charge >= 0.3 is 0 Å². The highest BCUT2D eigenvalue weighted by atomic mass is 15.4. The van der Waals surface area contributed by atoms with Crippen LogP contribution < -0.4 is 0 Å². The van der Waals surface area contributed by atoms with Crippen LogP contribution in [0.25, 0.3) is 11.6 Å². The summed E-state index contributed by atoms with van der Waals surface area (Å²) in [6.07, 6.45) is 0. The van der Waals surface area contributed by atoms with Crippen LogP contribution in [-0.4, -0.2) is 24.4 Å². The topological polar surface area (TPSA) is 50.9 Å². The normalized spacial score (nSPS) is 12.5. The maximum atomic E-state index is 4.29. The SMILES string of the molecule is Cc1ccc(C)n1-c1nnc2cc(C(C)(C)C)[nH]n12. The van der Waals surface area contributed by atoms with E-state index in [0.717, 1.165) is 28.7 Å². The van der Waals surface area contributed by atoms with Gasteiger partial charge in [-0.1, -0.05) is 20.8 Å². The van der Waals surface area contributed by atoms with E-state index >= 15 is 0 Å². The van der Waals surface area contributed by atoms with Crippen LogP contribution in [0.1, 0.15) is 37.9 Å². The molecule has 0 amide bonds. The van der Waals surface area contributed by atoms with Gasteiger partial charge in [0, 0.05) is 28.6 Å². The zero-order valence-corrected chi connectivity index (χ0v) is 12.0. The molecule has 3 rings (SSSR count). The van der Waals surface area contributed by atoms with Crippen molar-refractivity contribution in [2.24, 2.45) is 0 Å². The summed E-state index contributed by atoms with van der Waals surface area (Å²) >= 11 is 0. The van der Waals surface area contributed by atoms with Crippen LogP contribution in [0.15, 0.2) is 18.2 Å². The monoisotopic (exact) mass is 257 g/mol. The van der Waals surface area contributed by atoms with E-state index in [1.165, 1.54) is 0 Å². The molecular formula is C14H19N5. The molecule has 0 aliphatic heterocycles. The minimum absolute atomic E-state index is 0.0682. The smallest absolute Gasteiger partial charge is 0.255 e. The zero-order valence-electron chi connectivity index (χ0n) is 12.0. The van der Waals surface area contributed by atoms with E-state index in [9.17, 15) is 0 Å². The Hall–Kier alpha value is -2.04. The van der Waals surface area contributed by atoms with Crippen molar-refractivity contribution >= 4 is 5.65 Å². The van der Waals surface area contributed by atoms with Gasteiger partial charge in [-0.3, -0.25) is 9.67 Å². The van der Waals surface area contributed by atoms with E-state index in [0.29, 0.717) is 0 Å². The van der Waals surface area contributed by atoms with Crippen LogP contribution in [0, 0.1) is 13.8 Å². The molecule has 0 radical (unpaired) electrons. The predicted octanol–water partition coefficient (Wildman–Crippen LogP) is 2.76. The number of aromatic nitrogens is 5. The van der Waals surface area contributed by atoms with Gasteiger partial charge in [0.1, 0.15) is 0 Å². The fraction of sp³-hybridized carbons (Fsp3) is 0.429. The Morgan fingerprint density at radius 3 is 2.26 bits per heavy atom. The van der Waals surface area contributed by atoms with Gasteiger partial charge in [0.2, 0.25) is 0 Å². The van der Waals surface area contributed by atoms with Crippen molar-refractivity contribution in [3.63, 3.8) is 0 Å². The number of rotatable bonds is 1. The molecule has 3 aromatic heterocycles. The molecule has 0 aliphatic carbocycles. The summed E-state index contributed by atoms with van der Waals surface area (Å²) in [5.74, 6) is 0.811. The fourth-order valence-electron chi connectivity index (χ4n) is 2.28. The standard InChI is InChI=1S/C14H19N5/c1-9-6-7-10(2)18(9)13-16-15-12-8-11(14(3,4)5)17-19(12)13/h6-8,17H,1-5H3. The molecule has 5 nitrogen and oxygen atoms in total. The number of fused-ring (bicyclic) bond motifs is 1. The van der Waals surface area contributed by atoms with Gasteiger partial charge in [-0.05, 0) is 26.0 Å². The lowest BCUT2D eigenvalue weighted by molar-refractivity contribution is 0.561. The molecular weight excluding hydrogens is 238 g/mol. The molecule has 1 N–H and O–H groups in total. The number of nitrogens with zero attached hydrogens (tertiary/aromatic N) is 4. The van der Waals surface area contributed by atoms with Crippen LogP contribution in [-0.2, 0) is 5.41 Å². The molecule has 0 spiro atoms. The maximum Gasteiger partial charge on any atom is 0.255 e. The van der Waals surface area contributed by atoms with E-state index < -0.39 is 0 Å². The molecule has 0 fully saturated rings.